The molecule has 0 bridgehead atoms. The average Bonchev–Trinajstić information content (AvgIpc) is 2.51. The van der Waals surface area contributed by atoms with Crippen LogP contribution >= 0.6 is 11.8 Å². The summed E-state index contributed by atoms with van der Waals surface area (Å²) in [6.07, 6.45) is 3.99. The summed E-state index contributed by atoms with van der Waals surface area (Å²) in [7, 11) is 0. The Balaban J connectivity index is 2.45. The molecule has 124 valence electrons. The highest BCUT2D eigenvalue weighted by Gasteiger charge is 2.27. The van der Waals surface area contributed by atoms with Crippen LogP contribution in [0.2, 0.25) is 0 Å². The average molecular weight is 324 g/mol. The Labute approximate surface area is 138 Å². The maximum Gasteiger partial charge on any atom is 0.319 e. The van der Waals surface area contributed by atoms with Gasteiger partial charge in [0.2, 0.25) is 0 Å². The van der Waals surface area contributed by atoms with Gasteiger partial charge in [-0.15, -0.1) is 0 Å². The second-order valence-corrected chi connectivity index (χ2v) is 6.90. The van der Waals surface area contributed by atoms with Crippen LogP contribution in [0.25, 0.3) is 0 Å². The zero-order chi connectivity index (χ0) is 16.6. The van der Waals surface area contributed by atoms with Gasteiger partial charge in [0.25, 0.3) is 0 Å². The van der Waals surface area contributed by atoms with Crippen molar-refractivity contribution >= 4 is 23.5 Å². The number of benzene rings is 1. The van der Waals surface area contributed by atoms with Crippen molar-refractivity contribution in [3.8, 4) is 0 Å². The Kier molecular flexibility index (Phi) is 7.76. The lowest BCUT2D eigenvalue weighted by Crippen LogP contribution is -2.46. The van der Waals surface area contributed by atoms with E-state index in [1.54, 1.807) is 6.92 Å². The lowest BCUT2D eigenvalue weighted by Gasteiger charge is -2.29. The van der Waals surface area contributed by atoms with Gasteiger partial charge >= 0.3 is 6.03 Å². The molecule has 0 aliphatic heterocycles. The highest BCUT2D eigenvalue weighted by atomic mass is 32.2. The third kappa shape index (κ3) is 6.28. The minimum atomic E-state index is -0.895. The molecule has 1 rings (SSSR count). The van der Waals surface area contributed by atoms with Crippen LogP contribution < -0.4 is 10.6 Å². The van der Waals surface area contributed by atoms with Crippen molar-refractivity contribution in [1.82, 2.24) is 5.32 Å². The van der Waals surface area contributed by atoms with Crippen LogP contribution in [0.1, 0.15) is 32.8 Å². The van der Waals surface area contributed by atoms with E-state index in [-0.39, 0.29) is 18.5 Å². The fourth-order valence-corrected chi connectivity index (χ4v) is 2.46. The smallest absolute Gasteiger partial charge is 0.319 e. The number of amides is 2. The predicted molar refractivity (Wildman–Crippen MR) is 95.6 cm³/mol. The van der Waals surface area contributed by atoms with Crippen molar-refractivity contribution in [2.24, 2.45) is 5.92 Å². The Morgan fingerprint density at radius 2 is 2.00 bits per heavy atom. The monoisotopic (exact) mass is 324 g/mol. The number of carbonyl (C=O) groups excluding carboxylic acids is 1. The van der Waals surface area contributed by atoms with E-state index in [1.165, 1.54) is 5.56 Å². The van der Waals surface area contributed by atoms with Crippen LogP contribution in [0.3, 0.4) is 0 Å². The Hall–Kier alpha value is -1.20. The molecular formula is C17H28N2O2S. The van der Waals surface area contributed by atoms with E-state index in [0.717, 1.165) is 24.3 Å². The molecule has 1 aromatic rings. The lowest BCUT2D eigenvalue weighted by molar-refractivity contribution is 0.00827. The lowest BCUT2D eigenvalue weighted by atomic mass is 9.89. The molecule has 5 heteroatoms. The van der Waals surface area contributed by atoms with E-state index in [4.69, 9.17) is 0 Å². The molecule has 0 spiro atoms. The van der Waals surface area contributed by atoms with E-state index < -0.39 is 5.60 Å². The van der Waals surface area contributed by atoms with Gasteiger partial charge < -0.3 is 15.7 Å². The Morgan fingerprint density at radius 1 is 1.36 bits per heavy atom. The van der Waals surface area contributed by atoms with Gasteiger partial charge in [0.05, 0.1) is 5.60 Å². The number of thioether (sulfide) groups is 1. The van der Waals surface area contributed by atoms with E-state index >= 15 is 0 Å². The molecule has 4 nitrogen and oxygen atoms in total. The van der Waals surface area contributed by atoms with Gasteiger partial charge in [-0.1, -0.05) is 32.4 Å². The van der Waals surface area contributed by atoms with Gasteiger partial charge in [-0.3, -0.25) is 0 Å². The highest BCUT2D eigenvalue weighted by molar-refractivity contribution is 7.98. The first-order chi connectivity index (χ1) is 10.4. The molecule has 0 aliphatic rings. The molecule has 2 atom stereocenters. The van der Waals surface area contributed by atoms with Gasteiger partial charge in [0, 0.05) is 12.2 Å². The predicted octanol–water partition coefficient (Wildman–Crippen LogP) is 3.51. The number of nitrogens with one attached hydrogen (secondary N) is 2. The van der Waals surface area contributed by atoms with Crippen LogP contribution in [0.15, 0.2) is 24.3 Å². The van der Waals surface area contributed by atoms with Crippen molar-refractivity contribution in [3.63, 3.8) is 0 Å². The standard InChI is InChI=1S/C17H28N2O2S/c1-5-13(2)17(3,21)12-18-16(20)19-15-8-6-14(7-9-15)10-11-22-4/h6-9,13,21H,5,10-12H2,1-4H3,(H2,18,19,20). The summed E-state index contributed by atoms with van der Waals surface area (Å²) < 4.78 is 0. The molecule has 0 saturated carbocycles. The molecule has 1 aromatic carbocycles. The van der Waals surface area contributed by atoms with E-state index in [0.29, 0.717) is 0 Å². The molecule has 0 fully saturated rings. The molecule has 0 saturated heterocycles. The van der Waals surface area contributed by atoms with Crippen LogP contribution in [0.4, 0.5) is 10.5 Å². The van der Waals surface area contributed by atoms with Gasteiger partial charge in [-0.25, -0.2) is 4.79 Å². The van der Waals surface area contributed by atoms with Gasteiger partial charge in [0.15, 0.2) is 0 Å². The number of hydrogen-bond donors (Lipinski definition) is 3. The summed E-state index contributed by atoms with van der Waals surface area (Å²) in [5.41, 5.74) is 1.13. The summed E-state index contributed by atoms with van der Waals surface area (Å²) in [4.78, 5) is 11.9. The molecule has 0 aliphatic carbocycles. The first-order valence-corrected chi connectivity index (χ1v) is 9.13. The zero-order valence-corrected chi connectivity index (χ0v) is 14.8. The summed E-state index contributed by atoms with van der Waals surface area (Å²) in [6.45, 7) is 5.99. The fraction of sp³-hybridized carbons (Fsp3) is 0.588. The zero-order valence-electron chi connectivity index (χ0n) is 14.0. The second kappa shape index (κ2) is 9.06. The molecular weight excluding hydrogens is 296 g/mol. The molecule has 22 heavy (non-hydrogen) atoms. The number of urea groups is 1. The maximum atomic E-state index is 11.9. The minimum Gasteiger partial charge on any atom is -0.388 e. The topological polar surface area (TPSA) is 61.4 Å². The summed E-state index contributed by atoms with van der Waals surface area (Å²) >= 11 is 1.82. The third-order valence-corrected chi connectivity index (χ3v) is 4.70. The molecule has 2 unspecified atom stereocenters. The van der Waals surface area contributed by atoms with Crippen molar-refractivity contribution in [2.45, 2.75) is 39.2 Å². The first kappa shape index (κ1) is 18.8. The number of carbonyl (C=O) groups is 1. The molecule has 0 radical (unpaired) electrons. The molecule has 0 heterocycles. The number of aryl methyl sites for hydroxylation is 1. The minimum absolute atomic E-state index is 0.128. The van der Waals surface area contributed by atoms with Gasteiger partial charge in [0.1, 0.15) is 0 Å². The van der Waals surface area contributed by atoms with Gasteiger partial charge in [-0.2, -0.15) is 11.8 Å². The summed E-state index contributed by atoms with van der Waals surface area (Å²) in [6, 6.07) is 7.58. The molecule has 2 amide bonds. The van der Waals surface area contributed by atoms with Crippen molar-refractivity contribution in [2.75, 3.05) is 23.9 Å². The molecule has 3 N–H and O–H groups in total. The Morgan fingerprint density at radius 3 is 2.55 bits per heavy atom. The van der Waals surface area contributed by atoms with Crippen molar-refractivity contribution < 1.29 is 9.90 Å². The van der Waals surface area contributed by atoms with Crippen LogP contribution in [0.5, 0.6) is 0 Å². The Bertz CT molecular complexity index is 460. The van der Waals surface area contributed by atoms with E-state index in [2.05, 4.69) is 16.9 Å². The quantitative estimate of drug-likeness (QED) is 0.686. The third-order valence-electron chi connectivity index (χ3n) is 4.09. The normalized spacial score (nSPS) is 15.0. The highest BCUT2D eigenvalue weighted by Crippen LogP contribution is 2.19. The molecule has 0 aromatic heterocycles. The van der Waals surface area contributed by atoms with E-state index in [9.17, 15) is 9.90 Å². The van der Waals surface area contributed by atoms with Crippen LogP contribution in [0, 0.1) is 5.92 Å². The fourth-order valence-electron chi connectivity index (χ4n) is 2.02. The second-order valence-electron chi connectivity index (χ2n) is 5.91. The van der Waals surface area contributed by atoms with E-state index in [1.807, 2.05) is 49.9 Å². The number of aliphatic hydroxyl groups is 1. The number of anilines is 1. The van der Waals surface area contributed by atoms with Crippen molar-refractivity contribution in [3.05, 3.63) is 29.8 Å². The van der Waals surface area contributed by atoms with Crippen molar-refractivity contribution in [1.29, 1.82) is 0 Å². The maximum absolute atomic E-state index is 11.9. The number of rotatable bonds is 8. The number of hydrogen-bond acceptors (Lipinski definition) is 3. The largest absolute Gasteiger partial charge is 0.388 e. The summed E-state index contributed by atoms with van der Waals surface area (Å²) in [5, 5.41) is 15.8. The SMILES string of the molecule is CCC(C)C(C)(O)CNC(=O)Nc1ccc(CCSC)cc1. The van der Waals surface area contributed by atoms with Gasteiger partial charge in [-0.05, 0) is 49.0 Å². The van der Waals surface area contributed by atoms with Crippen LogP contribution in [-0.2, 0) is 6.42 Å². The first-order valence-electron chi connectivity index (χ1n) is 7.74. The summed E-state index contributed by atoms with van der Waals surface area (Å²) in [5.74, 6) is 1.22. The van der Waals surface area contributed by atoms with Crippen LogP contribution in [-0.4, -0.2) is 35.3 Å².